The van der Waals surface area contributed by atoms with Gasteiger partial charge in [0, 0.05) is 0 Å². The lowest BCUT2D eigenvalue weighted by molar-refractivity contribution is -0.138. The minimum atomic E-state index is -0.715. The van der Waals surface area contributed by atoms with Gasteiger partial charge in [-0.1, -0.05) is 0 Å². The summed E-state index contributed by atoms with van der Waals surface area (Å²) in [6, 6.07) is 0. The summed E-state index contributed by atoms with van der Waals surface area (Å²) in [5.41, 5.74) is -0.677. The van der Waals surface area contributed by atoms with Crippen LogP contribution < -0.4 is 0 Å². The summed E-state index contributed by atoms with van der Waals surface area (Å²) in [5, 5.41) is 16.4. The predicted octanol–water partition coefficient (Wildman–Crippen LogP) is 1.83. The molecule has 0 amide bonds. The van der Waals surface area contributed by atoms with E-state index >= 15 is 0 Å². The van der Waals surface area contributed by atoms with E-state index < -0.39 is 11.6 Å². The number of nitrogens with one attached hydrogen (secondary N) is 1. The summed E-state index contributed by atoms with van der Waals surface area (Å²) >= 11 is 0. The van der Waals surface area contributed by atoms with Crippen molar-refractivity contribution in [2.45, 2.75) is 33.3 Å². The van der Waals surface area contributed by atoms with Gasteiger partial charge in [0.15, 0.2) is 0 Å². The van der Waals surface area contributed by atoms with Crippen molar-refractivity contribution >= 4 is 11.7 Å². The lowest BCUT2D eigenvalue weighted by atomic mass is 10.1. The highest BCUT2D eigenvalue weighted by atomic mass is 16.5. The maximum Gasteiger partial charge on any atom is 0.343 e. The van der Waals surface area contributed by atoms with Crippen molar-refractivity contribution in [3.63, 3.8) is 0 Å². The first-order chi connectivity index (χ1) is 7.31. The van der Waals surface area contributed by atoms with Crippen molar-refractivity contribution in [1.29, 1.82) is 5.41 Å². The molecule has 0 unspecified atom stereocenters. The molecule has 5 nitrogen and oxygen atoms in total. The first-order valence-corrected chi connectivity index (χ1v) is 5.05. The standard InChI is InChI=1S/C11H19NO4/c1-5-15-10(14)8(6-13)9(12)7-16-11(2,3)4/h6,12-13H,5,7H2,1-4H3/b8-6+,12-9?. The normalized spacial score (nSPS) is 12.4. The molecule has 5 heteroatoms. The molecule has 0 aliphatic rings. The Morgan fingerprint density at radius 1 is 1.44 bits per heavy atom. The van der Waals surface area contributed by atoms with Crippen molar-refractivity contribution < 1.29 is 19.4 Å². The third kappa shape index (κ3) is 5.50. The van der Waals surface area contributed by atoms with Crippen LogP contribution in [-0.2, 0) is 14.3 Å². The number of esters is 1. The van der Waals surface area contributed by atoms with Crippen LogP contribution in [0.1, 0.15) is 27.7 Å². The highest BCUT2D eigenvalue weighted by molar-refractivity contribution is 6.18. The fourth-order valence-corrected chi connectivity index (χ4v) is 0.829. The lowest BCUT2D eigenvalue weighted by Gasteiger charge is -2.19. The van der Waals surface area contributed by atoms with Crippen LogP contribution in [0, 0.1) is 5.41 Å². The van der Waals surface area contributed by atoms with Crippen LogP contribution in [0.15, 0.2) is 11.8 Å². The van der Waals surface area contributed by atoms with Crippen LogP contribution in [0.25, 0.3) is 0 Å². The van der Waals surface area contributed by atoms with Crippen molar-refractivity contribution in [3.8, 4) is 0 Å². The van der Waals surface area contributed by atoms with E-state index in [0.717, 1.165) is 0 Å². The Bertz CT molecular complexity index is 289. The van der Waals surface area contributed by atoms with Crippen LogP contribution in [0.2, 0.25) is 0 Å². The summed E-state index contributed by atoms with van der Waals surface area (Å²) in [4.78, 5) is 11.3. The van der Waals surface area contributed by atoms with Gasteiger partial charge in [-0.25, -0.2) is 4.79 Å². The topological polar surface area (TPSA) is 79.6 Å². The van der Waals surface area contributed by atoms with Gasteiger partial charge < -0.3 is 20.0 Å². The van der Waals surface area contributed by atoms with E-state index in [9.17, 15) is 4.79 Å². The van der Waals surface area contributed by atoms with Gasteiger partial charge in [-0.2, -0.15) is 0 Å². The monoisotopic (exact) mass is 229 g/mol. The van der Waals surface area contributed by atoms with Crippen LogP contribution in [0.4, 0.5) is 0 Å². The summed E-state index contributed by atoms with van der Waals surface area (Å²) in [6.07, 6.45) is 0.576. The molecule has 0 spiro atoms. The number of carbonyl (C=O) groups excluding carboxylic acids is 1. The lowest BCUT2D eigenvalue weighted by Crippen LogP contribution is -2.26. The van der Waals surface area contributed by atoms with Crippen LogP contribution in [0.5, 0.6) is 0 Å². The molecule has 0 atom stereocenters. The van der Waals surface area contributed by atoms with E-state index in [1.54, 1.807) is 6.92 Å². The molecule has 92 valence electrons. The molecular weight excluding hydrogens is 210 g/mol. The first-order valence-electron chi connectivity index (χ1n) is 5.05. The van der Waals surface area contributed by atoms with Crippen molar-refractivity contribution in [3.05, 3.63) is 11.8 Å². The minimum absolute atomic E-state index is 0.0469. The second kappa shape index (κ2) is 6.27. The number of carbonyl (C=O) groups is 1. The maximum atomic E-state index is 11.3. The Kier molecular flexibility index (Phi) is 5.74. The van der Waals surface area contributed by atoms with Gasteiger partial charge in [0.25, 0.3) is 0 Å². The fourth-order valence-electron chi connectivity index (χ4n) is 0.829. The first kappa shape index (κ1) is 14.6. The SMILES string of the molecule is CCOC(=O)/C(=C/O)C(=N)COC(C)(C)C. The fraction of sp³-hybridized carbons (Fsp3) is 0.636. The van der Waals surface area contributed by atoms with Gasteiger partial charge in [-0.15, -0.1) is 0 Å². The van der Waals surface area contributed by atoms with Crippen molar-refractivity contribution in [1.82, 2.24) is 0 Å². The smallest absolute Gasteiger partial charge is 0.343 e. The molecule has 0 heterocycles. The molecular formula is C11H19NO4. The van der Waals surface area contributed by atoms with E-state index in [2.05, 4.69) is 4.74 Å². The van der Waals surface area contributed by atoms with Gasteiger partial charge in [0.05, 0.1) is 30.8 Å². The van der Waals surface area contributed by atoms with E-state index in [4.69, 9.17) is 15.3 Å². The largest absolute Gasteiger partial charge is 0.515 e. The molecule has 2 N–H and O–H groups in total. The van der Waals surface area contributed by atoms with E-state index in [0.29, 0.717) is 6.26 Å². The number of ether oxygens (including phenoxy) is 2. The molecule has 0 rings (SSSR count). The third-order valence-electron chi connectivity index (χ3n) is 1.60. The van der Waals surface area contributed by atoms with E-state index in [1.807, 2.05) is 20.8 Å². The van der Waals surface area contributed by atoms with E-state index in [-0.39, 0.29) is 24.5 Å². The predicted molar refractivity (Wildman–Crippen MR) is 60.8 cm³/mol. The highest BCUT2D eigenvalue weighted by Gasteiger charge is 2.19. The maximum absolute atomic E-state index is 11.3. The number of hydrogen-bond donors (Lipinski definition) is 2. The van der Waals surface area contributed by atoms with Gasteiger partial charge in [0.1, 0.15) is 5.57 Å². The summed E-state index contributed by atoms with van der Waals surface area (Å²) < 4.78 is 10.0. The van der Waals surface area contributed by atoms with Gasteiger partial charge in [-0.3, -0.25) is 0 Å². The van der Waals surface area contributed by atoms with Gasteiger partial charge in [0.2, 0.25) is 0 Å². The number of rotatable bonds is 5. The zero-order valence-corrected chi connectivity index (χ0v) is 10.2. The second-order valence-electron chi connectivity index (χ2n) is 4.14. The molecule has 0 saturated heterocycles. The Hall–Kier alpha value is -1.36. The number of aliphatic hydroxyl groups is 1. The Morgan fingerprint density at radius 3 is 2.38 bits per heavy atom. The Labute approximate surface area is 95.6 Å². The average molecular weight is 229 g/mol. The summed E-state index contributed by atoms with van der Waals surface area (Å²) in [6.45, 7) is 7.33. The third-order valence-corrected chi connectivity index (χ3v) is 1.60. The molecule has 0 fully saturated rings. The van der Waals surface area contributed by atoms with Crippen LogP contribution >= 0.6 is 0 Å². The van der Waals surface area contributed by atoms with Gasteiger partial charge >= 0.3 is 5.97 Å². The number of aliphatic hydroxyl groups excluding tert-OH is 1. The van der Waals surface area contributed by atoms with Gasteiger partial charge in [-0.05, 0) is 27.7 Å². The molecule has 0 radical (unpaired) electrons. The molecule has 0 aromatic heterocycles. The van der Waals surface area contributed by atoms with E-state index in [1.165, 1.54) is 0 Å². The Morgan fingerprint density at radius 2 is 2.00 bits per heavy atom. The molecule has 0 aliphatic heterocycles. The summed E-state index contributed by atoms with van der Waals surface area (Å²) in [5.74, 6) is -0.715. The molecule has 16 heavy (non-hydrogen) atoms. The second-order valence-corrected chi connectivity index (χ2v) is 4.14. The Balaban J connectivity index is 4.40. The summed E-state index contributed by atoms with van der Waals surface area (Å²) in [7, 11) is 0. The van der Waals surface area contributed by atoms with Crippen molar-refractivity contribution in [2.75, 3.05) is 13.2 Å². The molecule has 0 aliphatic carbocycles. The average Bonchev–Trinajstić information content (AvgIpc) is 2.15. The quantitative estimate of drug-likeness (QED) is 0.326. The van der Waals surface area contributed by atoms with Crippen LogP contribution in [-0.4, -0.2) is 35.6 Å². The zero-order chi connectivity index (χ0) is 12.8. The zero-order valence-electron chi connectivity index (χ0n) is 10.2. The van der Waals surface area contributed by atoms with Crippen molar-refractivity contribution in [2.24, 2.45) is 0 Å². The highest BCUT2D eigenvalue weighted by Crippen LogP contribution is 2.08. The molecule has 0 bridgehead atoms. The number of hydrogen-bond acceptors (Lipinski definition) is 5. The molecule has 0 saturated carbocycles. The molecule has 0 aromatic carbocycles. The molecule has 0 aromatic rings. The van der Waals surface area contributed by atoms with Crippen LogP contribution in [0.3, 0.4) is 0 Å². The minimum Gasteiger partial charge on any atom is -0.515 e.